The molecule has 5 heteroatoms. The van der Waals surface area contributed by atoms with E-state index in [-0.39, 0.29) is 146 Å². The molecule has 0 aliphatic carbocycles. The first kappa shape index (κ1) is 65.0. The maximum absolute atomic E-state index is 12.0. The molecule has 2 aliphatic heterocycles. The van der Waals surface area contributed by atoms with E-state index >= 15 is 0 Å². The first-order chi connectivity index (χ1) is 69.5. The van der Waals surface area contributed by atoms with Crippen LogP contribution in [0.25, 0.3) is 111 Å². The van der Waals surface area contributed by atoms with E-state index in [0.717, 1.165) is 66.3 Å². The average Bonchev–Trinajstić information content (AvgIpc) is 1.62. The highest BCUT2D eigenvalue weighted by Gasteiger charge is 2.48. The fourth-order valence-corrected chi connectivity index (χ4v) is 18.8. The van der Waals surface area contributed by atoms with Crippen LogP contribution >= 0.6 is 0 Å². The van der Waals surface area contributed by atoms with Crippen LogP contribution in [-0.4, -0.2) is 15.8 Å². The molecule has 0 radical (unpaired) electrons. The summed E-state index contributed by atoms with van der Waals surface area (Å²) in [7, 11) is 0. The van der Waals surface area contributed by atoms with Crippen molar-refractivity contribution in [3.8, 4) is 67.0 Å². The van der Waals surface area contributed by atoms with Crippen molar-refractivity contribution in [3.63, 3.8) is 0 Å². The Bertz CT molecular complexity index is 8400. The number of para-hydroxylation sites is 2. The summed E-state index contributed by atoms with van der Waals surface area (Å²) >= 11 is 0. The molecule has 18 rings (SSSR count). The van der Waals surface area contributed by atoms with Gasteiger partial charge in [-0.05, 0) is 250 Å². The van der Waals surface area contributed by atoms with Gasteiger partial charge in [0, 0.05) is 72.2 Å². The zero-order chi connectivity index (χ0) is 111. The third-order valence-corrected chi connectivity index (χ3v) is 26.3. The molecule has 654 valence electrons. The van der Waals surface area contributed by atoms with Crippen LogP contribution in [0, 0.1) is 0 Å². The Balaban J connectivity index is 1.22. The molecule has 2 aromatic heterocycles. The van der Waals surface area contributed by atoms with E-state index in [1.807, 2.05) is 104 Å². The molecule has 14 aromatic carbocycles. The number of fused-ring (bicyclic) bond motifs is 10. The fourth-order valence-electron chi connectivity index (χ4n) is 18.8. The molecule has 4 nitrogen and oxygen atoms in total. The van der Waals surface area contributed by atoms with Crippen LogP contribution < -0.4 is 26.2 Å². The number of hydrogen-bond acceptors (Lipinski definition) is 2. The van der Waals surface area contributed by atoms with E-state index in [1.165, 1.54) is 4.57 Å². The van der Waals surface area contributed by atoms with Crippen LogP contribution in [0.1, 0.15) is 294 Å². The molecule has 0 atom stereocenters. The molecule has 0 N–H and O–H groups in total. The highest BCUT2D eigenvalue weighted by molar-refractivity contribution is 7.00. The third-order valence-electron chi connectivity index (χ3n) is 26.3. The van der Waals surface area contributed by atoms with Crippen LogP contribution in [0.4, 0.5) is 34.1 Å². The maximum Gasteiger partial charge on any atom is 0.252 e. The van der Waals surface area contributed by atoms with Crippen LogP contribution in [-0.2, 0) is 54.1 Å². The molecule has 16 aromatic rings. The second-order valence-corrected chi connectivity index (χ2v) is 46.3. The Labute approximate surface area is 802 Å². The van der Waals surface area contributed by atoms with E-state index in [1.54, 1.807) is 32.9 Å². The molecular formula is C124H135BN4. The number of hydrogen-bond donors (Lipinski definition) is 0. The number of anilines is 6. The lowest BCUT2D eigenvalue weighted by molar-refractivity contribution is 0.569. The van der Waals surface area contributed by atoms with Crippen molar-refractivity contribution in [1.29, 1.82) is 0 Å². The summed E-state index contributed by atoms with van der Waals surface area (Å²) < 4.78 is 233. The van der Waals surface area contributed by atoms with Crippen LogP contribution in [0.5, 0.6) is 0 Å². The molecule has 0 spiro atoms. The second kappa shape index (κ2) is 30.5. The quantitative estimate of drug-likeness (QED) is 0.134. The lowest BCUT2D eigenvalue weighted by Gasteiger charge is -2.46. The van der Waals surface area contributed by atoms with Gasteiger partial charge in [0.1, 0.15) is 0 Å². The zero-order valence-electron chi connectivity index (χ0n) is 103. The Morgan fingerprint density at radius 3 is 1.16 bits per heavy atom. The molecule has 0 saturated carbocycles. The van der Waals surface area contributed by atoms with E-state index in [9.17, 15) is 28.8 Å². The van der Waals surface area contributed by atoms with Crippen molar-refractivity contribution in [3.05, 3.63) is 328 Å². The van der Waals surface area contributed by atoms with Gasteiger partial charge in [0.2, 0.25) is 0 Å². The summed E-state index contributed by atoms with van der Waals surface area (Å²) in [6.45, 7) is 60.0. The van der Waals surface area contributed by atoms with Gasteiger partial charge in [-0.1, -0.05) is 389 Å². The Morgan fingerprint density at radius 1 is 0.225 bits per heavy atom. The molecule has 129 heavy (non-hydrogen) atoms. The number of rotatable bonds is 9. The first-order valence-corrected chi connectivity index (χ1v) is 45.6. The summed E-state index contributed by atoms with van der Waals surface area (Å²) in [6.07, 6.45) is 0. The van der Waals surface area contributed by atoms with Gasteiger partial charge in [-0.2, -0.15) is 0 Å². The van der Waals surface area contributed by atoms with Crippen molar-refractivity contribution in [2.24, 2.45) is 0 Å². The van der Waals surface area contributed by atoms with Crippen molar-refractivity contribution in [1.82, 2.24) is 9.13 Å². The number of aromatic nitrogens is 2. The number of benzene rings is 14. The fraction of sp³-hybridized carbons (Fsp3) is 0.323. The second-order valence-electron chi connectivity index (χ2n) is 46.3. The standard InChI is InChI=1S/C124H135BN4/c1-115(2,3)80-49-44-77(45-50-80)93-68-86(121(19,20)21)70-98(90-58-53-85(120(16,17)18)72-101(90)124(28,29)30)113(93)128-108-64-79(76-38-32-31-33-39-76)48-60-102(108)125-103-61-57-88(126-106-62-55-83(118(10,11)12)66-96(106)97-67-84(119(13,14)15)56-63-107(97)126)73-109(103)129(111-75-89(74-110(128)112(111)125)127-104-42-36-34-40-91(104)92-41-35-37-43-105(92)127)114-94(78-46-51-81(52-47-78)116(4,5)6)69-87(122(22,23)24)71-99(114)95-65-82(117(7,8)9)54-59-100(95)123(25,26)27/h31-75H,1-30H3/i31D,32D,33D,34D,35D,36D,37D,38D,39D,40D,41D,42D,43D,46D,47D,51D,52D,54D,59D,65D,69D,71D. The van der Waals surface area contributed by atoms with E-state index in [2.05, 4.69) is 225 Å². The van der Waals surface area contributed by atoms with Gasteiger partial charge in [-0.15, -0.1) is 0 Å². The highest BCUT2D eigenvalue weighted by Crippen LogP contribution is 2.58. The van der Waals surface area contributed by atoms with Crippen molar-refractivity contribution in [2.75, 3.05) is 9.80 Å². The molecule has 0 fully saturated rings. The average molecular weight is 1710 g/mol. The minimum atomic E-state index is -1.29. The van der Waals surface area contributed by atoms with Gasteiger partial charge < -0.3 is 18.9 Å². The van der Waals surface area contributed by atoms with Crippen molar-refractivity contribution >= 4 is 101 Å². The van der Waals surface area contributed by atoms with E-state index in [0.29, 0.717) is 44.6 Å². The maximum atomic E-state index is 12.0. The van der Waals surface area contributed by atoms with Crippen molar-refractivity contribution < 1.29 is 30.2 Å². The minimum Gasteiger partial charge on any atom is -0.310 e. The Kier molecular flexibility index (Phi) is 15.4. The summed E-state index contributed by atoms with van der Waals surface area (Å²) in [5.41, 5.74) is 5.06. The number of nitrogens with zero attached hydrogens (tertiary/aromatic N) is 4. The lowest BCUT2D eigenvalue weighted by Crippen LogP contribution is -2.61. The minimum absolute atomic E-state index is 0.0253. The third kappa shape index (κ3) is 15.6. The summed E-state index contributed by atoms with van der Waals surface area (Å²) in [5, 5.41) is 1.30. The molecule has 0 saturated heterocycles. The van der Waals surface area contributed by atoms with Crippen LogP contribution in [0.3, 0.4) is 0 Å². The predicted molar refractivity (Wildman–Crippen MR) is 563 cm³/mol. The summed E-state index contributed by atoms with van der Waals surface area (Å²) in [4.78, 5) is 4.01. The Morgan fingerprint density at radius 2 is 0.643 bits per heavy atom. The molecule has 0 bridgehead atoms. The van der Waals surface area contributed by atoms with Gasteiger partial charge in [0.25, 0.3) is 6.71 Å². The zero-order valence-corrected chi connectivity index (χ0v) is 81.1. The lowest BCUT2D eigenvalue weighted by atomic mass is 9.33. The smallest absolute Gasteiger partial charge is 0.252 e. The Hall–Kier alpha value is -11.7. The van der Waals surface area contributed by atoms with E-state index < -0.39 is 153 Å². The van der Waals surface area contributed by atoms with Crippen molar-refractivity contribution in [2.45, 2.75) is 262 Å². The van der Waals surface area contributed by atoms with Gasteiger partial charge >= 0.3 is 0 Å². The summed E-state index contributed by atoms with van der Waals surface area (Å²) in [5.74, 6) is 0. The normalized spacial score (nSPS) is 16.2. The predicted octanol–water partition coefficient (Wildman–Crippen LogP) is 33.3. The van der Waals surface area contributed by atoms with Crippen LogP contribution in [0.2, 0.25) is 0 Å². The largest absolute Gasteiger partial charge is 0.310 e. The summed E-state index contributed by atoms with van der Waals surface area (Å²) in [6, 6.07) is 36.0. The monoisotopic (exact) mass is 1710 g/mol. The van der Waals surface area contributed by atoms with Crippen LogP contribution in [0.15, 0.2) is 272 Å². The van der Waals surface area contributed by atoms with Gasteiger partial charge in [-0.25, -0.2) is 0 Å². The van der Waals surface area contributed by atoms with E-state index in [4.69, 9.17) is 1.37 Å². The molecular weight excluding hydrogens is 1560 g/mol. The molecule has 0 amide bonds. The topological polar surface area (TPSA) is 16.3 Å². The SMILES string of the molecule is [2H]c1c([2H])c([2H])c(-c2ccc3c(c2)N(c2c(-c4ccc(C(C)(C)C)cc4)cc(C(C)(C)C)cc2-c2ccc(C(C)(C)C)cc2C(C)(C)C)c2cc(-n4c5c([2H])c([2H])c([2H])c([2H])c5c5c([2H])c([2H])c([2H])c([2H])c54)cc4c2B3c2ccc(-n3c5ccc(C(C)(C)C)cc5c5cc(C(C)(C)C)ccc53)cc2N4c2c(-c3c([2H])c([2H])c(C(C)(C)C)c([2H])c3[2H])c([2H])c(C(C)(C)C)c([2H])c2-c2c([2H])c(C(C)(C)C)c([2H])c([2H])c2C(C)(C)C)c([2H])c1[2H]. The van der Waals surface area contributed by atoms with Gasteiger partial charge in [0.05, 0.1) is 69.3 Å². The highest BCUT2D eigenvalue weighted by atomic mass is 15.2. The first-order valence-electron chi connectivity index (χ1n) is 56.6. The molecule has 4 heterocycles. The van der Waals surface area contributed by atoms with Gasteiger partial charge in [-0.3, -0.25) is 0 Å². The molecule has 0 unspecified atom stereocenters. The van der Waals surface area contributed by atoms with Gasteiger partial charge in [0.15, 0.2) is 0 Å². The molecule has 2 aliphatic rings.